The number of amides is 1. The van der Waals surface area contributed by atoms with Crippen LogP contribution in [0.1, 0.15) is 18.3 Å². The molecule has 0 aliphatic heterocycles. The lowest BCUT2D eigenvalue weighted by Crippen LogP contribution is -2.23. The molecule has 1 atom stereocenters. The first kappa shape index (κ1) is 15.7. The number of rotatable bonds is 4. The molecule has 0 radical (unpaired) electrons. The molecule has 2 aromatic rings. The number of nitrogens with one attached hydrogen (secondary N) is 1. The minimum absolute atomic E-state index is 0.152. The van der Waals surface area contributed by atoms with E-state index in [1.165, 1.54) is 16.4 Å². The van der Waals surface area contributed by atoms with Gasteiger partial charge in [-0.3, -0.25) is 4.79 Å². The lowest BCUT2D eigenvalue weighted by Gasteiger charge is -2.12. The van der Waals surface area contributed by atoms with Gasteiger partial charge in [0.05, 0.1) is 5.25 Å². The first-order valence-electron chi connectivity index (χ1n) is 6.29. The Labute approximate surface area is 132 Å². The SMILES string of the molecule is Cc1ccc(NC(=O)[C@@H](C)Sc2nnc(C)n2N)cc1Cl. The molecule has 1 aromatic heterocycles. The maximum Gasteiger partial charge on any atom is 0.237 e. The molecule has 112 valence electrons. The Morgan fingerprint density at radius 3 is 2.71 bits per heavy atom. The van der Waals surface area contributed by atoms with Crippen LogP contribution in [0.2, 0.25) is 5.02 Å². The summed E-state index contributed by atoms with van der Waals surface area (Å²) in [6.07, 6.45) is 0. The van der Waals surface area contributed by atoms with Crippen molar-refractivity contribution in [1.82, 2.24) is 14.9 Å². The van der Waals surface area contributed by atoms with Crippen molar-refractivity contribution in [3.05, 3.63) is 34.6 Å². The summed E-state index contributed by atoms with van der Waals surface area (Å²) in [5.74, 6) is 6.20. The zero-order valence-electron chi connectivity index (χ0n) is 11.9. The second-order valence-corrected chi connectivity index (χ2v) is 6.33. The summed E-state index contributed by atoms with van der Waals surface area (Å²) in [5, 5.41) is 11.3. The molecule has 0 spiro atoms. The van der Waals surface area contributed by atoms with Crippen molar-refractivity contribution >= 4 is 35.0 Å². The number of carbonyl (C=O) groups is 1. The maximum absolute atomic E-state index is 12.2. The Morgan fingerprint density at radius 1 is 1.43 bits per heavy atom. The third-order valence-corrected chi connectivity index (χ3v) is 4.39. The zero-order valence-corrected chi connectivity index (χ0v) is 13.5. The molecule has 1 heterocycles. The molecule has 21 heavy (non-hydrogen) atoms. The minimum atomic E-state index is -0.365. The van der Waals surface area contributed by atoms with Crippen LogP contribution in [0.25, 0.3) is 0 Å². The number of aromatic nitrogens is 3. The van der Waals surface area contributed by atoms with Crippen molar-refractivity contribution < 1.29 is 4.79 Å². The van der Waals surface area contributed by atoms with E-state index in [1.54, 1.807) is 19.9 Å². The van der Waals surface area contributed by atoms with Crippen LogP contribution in [-0.2, 0) is 4.79 Å². The van der Waals surface area contributed by atoms with E-state index in [1.807, 2.05) is 19.1 Å². The van der Waals surface area contributed by atoms with E-state index in [0.29, 0.717) is 21.7 Å². The van der Waals surface area contributed by atoms with Gasteiger partial charge >= 0.3 is 0 Å². The Morgan fingerprint density at radius 2 is 2.14 bits per heavy atom. The number of anilines is 1. The largest absolute Gasteiger partial charge is 0.336 e. The van der Waals surface area contributed by atoms with Gasteiger partial charge in [-0.25, -0.2) is 4.68 Å². The van der Waals surface area contributed by atoms with Crippen LogP contribution in [0.15, 0.2) is 23.4 Å². The van der Waals surface area contributed by atoms with Gasteiger partial charge in [-0.15, -0.1) is 10.2 Å². The number of nitrogens with two attached hydrogens (primary N) is 1. The molecule has 0 saturated heterocycles. The van der Waals surface area contributed by atoms with Gasteiger partial charge in [-0.2, -0.15) is 0 Å². The first-order chi connectivity index (χ1) is 9.88. The number of hydrogen-bond acceptors (Lipinski definition) is 5. The summed E-state index contributed by atoms with van der Waals surface area (Å²) in [4.78, 5) is 12.2. The lowest BCUT2D eigenvalue weighted by molar-refractivity contribution is -0.115. The van der Waals surface area contributed by atoms with Crippen LogP contribution in [0.4, 0.5) is 5.69 Å². The Kier molecular flexibility index (Phi) is 4.74. The molecular weight excluding hydrogens is 310 g/mol. The number of nitrogen functional groups attached to an aromatic ring is 1. The average Bonchev–Trinajstić information content (AvgIpc) is 2.75. The predicted molar refractivity (Wildman–Crippen MR) is 85.0 cm³/mol. The fraction of sp³-hybridized carbons (Fsp3) is 0.308. The first-order valence-corrected chi connectivity index (χ1v) is 7.55. The summed E-state index contributed by atoms with van der Waals surface area (Å²) < 4.78 is 1.36. The van der Waals surface area contributed by atoms with Crippen LogP contribution in [0.3, 0.4) is 0 Å². The zero-order chi connectivity index (χ0) is 15.6. The molecule has 1 amide bonds. The summed E-state index contributed by atoms with van der Waals surface area (Å²) in [6, 6.07) is 5.39. The highest BCUT2D eigenvalue weighted by Gasteiger charge is 2.18. The third-order valence-electron chi connectivity index (χ3n) is 2.93. The van der Waals surface area contributed by atoms with E-state index >= 15 is 0 Å². The molecule has 0 fully saturated rings. The van der Waals surface area contributed by atoms with Crippen LogP contribution in [-0.4, -0.2) is 26.0 Å². The summed E-state index contributed by atoms with van der Waals surface area (Å²) in [7, 11) is 0. The fourth-order valence-electron chi connectivity index (χ4n) is 1.56. The van der Waals surface area contributed by atoms with Crippen molar-refractivity contribution in [3.8, 4) is 0 Å². The Bertz CT molecular complexity index is 673. The smallest absolute Gasteiger partial charge is 0.237 e. The average molecular weight is 326 g/mol. The van der Waals surface area contributed by atoms with E-state index in [2.05, 4.69) is 15.5 Å². The number of nitrogens with zero attached hydrogens (tertiary/aromatic N) is 3. The van der Waals surface area contributed by atoms with E-state index in [-0.39, 0.29) is 11.2 Å². The lowest BCUT2D eigenvalue weighted by atomic mass is 10.2. The van der Waals surface area contributed by atoms with Crippen molar-refractivity contribution in [2.45, 2.75) is 31.2 Å². The fourth-order valence-corrected chi connectivity index (χ4v) is 2.55. The molecule has 0 unspecified atom stereocenters. The van der Waals surface area contributed by atoms with Gasteiger partial charge in [-0.05, 0) is 38.5 Å². The van der Waals surface area contributed by atoms with Gasteiger partial charge in [0, 0.05) is 10.7 Å². The van der Waals surface area contributed by atoms with Crippen molar-refractivity contribution in [3.63, 3.8) is 0 Å². The molecule has 3 N–H and O–H groups in total. The number of hydrogen-bond donors (Lipinski definition) is 2. The van der Waals surface area contributed by atoms with E-state index in [4.69, 9.17) is 17.4 Å². The number of aryl methyl sites for hydroxylation is 2. The van der Waals surface area contributed by atoms with Crippen LogP contribution >= 0.6 is 23.4 Å². The standard InChI is InChI=1S/C13H16ClN5OS/c1-7-4-5-10(6-11(7)14)16-12(20)8(2)21-13-18-17-9(3)19(13)15/h4-6,8H,15H2,1-3H3,(H,16,20)/t8-/m1/s1. The summed E-state index contributed by atoms with van der Waals surface area (Å²) >= 11 is 7.28. The molecule has 0 bridgehead atoms. The molecule has 2 rings (SSSR count). The maximum atomic E-state index is 12.2. The summed E-state index contributed by atoms with van der Waals surface area (Å²) in [6.45, 7) is 5.43. The van der Waals surface area contributed by atoms with Crippen LogP contribution in [0.5, 0.6) is 0 Å². The highest BCUT2D eigenvalue weighted by molar-refractivity contribution is 8.00. The third kappa shape index (κ3) is 3.68. The molecule has 6 nitrogen and oxygen atoms in total. The number of benzene rings is 1. The van der Waals surface area contributed by atoms with Gasteiger partial charge in [0.15, 0.2) is 0 Å². The number of thioether (sulfide) groups is 1. The Balaban J connectivity index is 2.02. The topological polar surface area (TPSA) is 85.8 Å². The molecular formula is C13H16ClN5OS. The number of carbonyl (C=O) groups excluding carboxylic acids is 1. The quantitative estimate of drug-likeness (QED) is 0.666. The van der Waals surface area contributed by atoms with E-state index in [0.717, 1.165) is 5.56 Å². The van der Waals surface area contributed by atoms with Gasteiger partial charge in [0.1, 0.15) is 5.82 Å². The highest BCUT2D eigenvalue weighted by Crippen LogP contribution is 2.23. The number of halogens is 1. The van der Waals surface area contributed by atoms with Crippen LogP contribution in [0, 0.1) is 13.8 Å². The second kappa shape index (κ2) is 6.36. The van der Waals surface area contributed by atoms with Gasteiger partial charge < -0.3 is 11.2 Å². The Hall–Kier alpha value is -1.73. The van der Waals surface area contributed by atoms with Gasteiger partial charge in [0.25, 0.3) is 0 Å². The van der Waals surface area contributed by atoms with Crippen molar-refractivity contribution in [1.29, 1.82) is 0 Å². The van der Waals surface area contributed by atoms with Gasteiger partial charge in [0.2, 0.25) is 11.1 Å². The second-order valence-electron chi connectivity index (χ2n) is 4.61. The highest BCUT2D eigenvalue weighted by atomic mass is 35.5. The molecule has 0 saturated carbocycles. The molecule has 1 aromatic carbocycles. The van der Waals surface area contributed by atoms with Crippen LogP contribution < -0.4 is 11.2 Å². The predicted octanol–water partition coefficient (Wildman–Crippen LogP) is 2.38. The normalized spacial score (nSPS) is 12.2. The summed E-state index contributed by atoms with van der Waals surface area (Å²) in [5.41, 5.74) is 1.62. The van der Waals surface area contributed by atoms with E-state index in [9.17, 15) is 4.79 Å². The van der Waals surface area contributed by atoms with Crippen molar-refractivity contribution in [2.75, 3.05) is 11.2 Å². The molecule has 0 aliphatic rings. The van der Waals surface area contributed by atoms with Gasteiger partial charge in [-0.1, -0.05) is 29.4 Å². The van der Waals surface area contributed by atoms with E-state index < -0.39 is 0 Å². The van der Waals surface area contributed by atoms with Crippen molar-refractivity contribution in [2.24, 2.45) is 0 Å². The monoisotopic (exact) mass is 325 g/mol. The molecule has 0 aliphatic carbocycles. The molecule has 8 heteroatoms. The minimum Gasteiger partial charge on any atom is -0.336 e.